The van der Waals surface area contributed by atoms with Gasteiger partial charge in [0.1, 0.15) is 25.3 Å². The molecule has 344 valence electrons. The Morgan fingerprint density at radius 1 is 0.590 bits per heavy atom. The lowest BCUT2D eigenvalue weighted by Crippen LogP contribution is -2.35. The van der Waals surface area contributed by atoms with E-state index in [2.05, 4.69) is 36.1 Å². The minimum Gasteiger partial charge on any atom is -0.475 e. The summed E-state index contributed by atoms with van der Waals surface area (Å²) in [5.74, 6) is 1.65. The fourth-order valence-electron chi connectivity index (χ4n) is 7.71. The van der Waals surface area contributed by atoms with E-state index in [1.165, 1.54) is 116 Å². The average Bonchev–Trinajstić information content (AvgIpc) is 3.97. The van der Waals surface area contributed by atoms with Crippen LogP contribution in [0.4, 0.5) is 0 Å². The van der Waals surface area contributed by atoms with Crippen LogP contribution in [0.1, 0.15) is 186 Å². The van der Waals surface area contributed by atoms with E-state index in [1.807, 2.05) is 60.7 Å². The van der Waals surface area contributed by atoms with E-state index in [4.69, 9.17) is 24.7 Å². The van der Waals surface area contributed by atoms with Crippen LogP contribution in [0.15, 0.2) is 70.6 Å². The number of nitrogens with one attached hydrogen (secondary N) is 1. The molecule has 4 atom stereocenters. The Bertz CT molecular complexity index is 1410. The van der Waals surface area contributed by atoms with Crippen LogP contribution in [0.25, 0.3) is 0 Å². The maximum absolute atomic E-state index is 12.6. The number of nitrogens with zero attached hydrogens (tertiary/aromatic N) is 2. The molecule has 0 aliphatic carbocycles. The van der Waals surface area contributed by atoms with E-state index in [1.54, 1.807) is 0 Å². The number of aliphatic imine (C=N–C) groups is 2. The summed E-state index contributed by atoms with van der Waals surface area (Å²) >= 11 is 0. The molecule has 1 amide bonds. The quantitative estimate of drug-likeness (QED) is 0.0667. The van der Waals surface area contributed by atoms with Gasteiger partial charge in [-0.15, -0.1) is 0 Å². The minimum atomic E-state index is 0.0453. The van der Waals surface area contributed by atoms with Gasteiger partial charge in [-0.2, -0.15) is 0 Å². The van der Waals surface area contributed by atoms with Crippen LogP contribution in [-0.4, -0.2) is 81.5 Å². The number of amides is 1. The van der Waals surface area contributed by atoms with Gasteiger partial charge in [0.25, 0.3) is 0 Å². The fraction of sp³-hybridized carbons (Fsp3) is 0.712. The van der Waals surface area contributed by atoms with Crippen LogP contribution >= 0.6 is 0 Å². The van der Waals surface area contributed by atoms with Crippen LogP contribution < -0.4 is 11.1 Å². The first-order chi connectivity index (χ1) is 30.0. The zero-order valence-corrected chi connectivity index (χ0v) is 38.8. The van der Waals surface area contributed by atoms with Crippen molar-refractivity contribution in [3.63, 3.8) is 0 Å². The molecular formula is C52H86N4O5. The predicted molar refractivity (Wildman–Crippen MR) is 255 cm³/mol. The Balaban J connectivity index is 0.000000356. The zero-order valence-electron chi connectivity index (χ0n) is 38.8. The van der Waals surface area contributed by atoms with Crippen molar-refractivity contribution < 1.29 is 23.7 Å². The van der Waals surface area contributed by atoms with Crippen LogP contribution in [0.3, 0.4) is 0 Å². The van der Waals surface area contributed by atoms with E-state index in [0.29, 0.717) is 52.0 Å². The predicted octanol–water partition coefficient (Wildman–Crippen LogP) is 11.9. The van der Waals surface area contributed by atoms with Gasteiger partial charge >= 0.3 is 0 Å². The fourth-order valence-corrected chi connectivity index (χ4v) is 7.71. The lowest BCUT2D eigenvalue weighted by molar-refractivity contribution is -0.122. The van der Waals surface area contributed by atoms with E-state index in [9.17, 15) is 4.79 Å². The number of nitrogens with two attached hydrogens (primary N) is 1. The van der Waals surface area contributed by atoms with Crippen LogP contribution in [0.5, 0.6) is 0 Å². The molecule has 0 aromatic heterocycles. The smallest absolute Gasteiger partial charge is 0.220 e. The lowest BCUT2D eigenvalue weighted by atomic mass is 10.0. The molecular weight excluding hydrogens is 761 g/mol. The second-order valence-corrected chi connectivity index (χ2v) is 17.3. The summed E-state index contributed by atoms with van der Waals surface area (Å²) in [5.41, 5.74) is 8.20. The molecule has 0 unspecified atom stereocenters. The van der Waals surface area contributed by atoms with Gasteiger partial charge in [0.2, 0.25) is 17.7 Å². The number of carbonyl (C=O) groups excluding carboxylic acids is 1. The molecule has 4 rings (SSSR count). The third kappa shape index (κ3) is 25.4. The van der Waals surface area contributed by atoms with Gasteiger partial charge < -0.3 is 30.0 Å². The summed E-state index contributed by atoms with van der Waals surface area (Å²) in [6.45, 7) is 10.4. The molecule has 9 heteroatoms. The molecule has 0 saturated heterocycles. The van der Waals surface area contributed by atoms with Crippen LogP contribution in [-0.2, 0) is 23.7 Å². The van der Waals surface area contributed by atoms with Gasteiger partial charge in [0, 0.05) is 42.8 Å². The largest absolute Gasteiger partial charge is 0.475 e. The lowest BCUT2D eigenvalue weighted by Gasteiger charge is -2.19. The first-order valence-corrected chi connectivity index (χ1v) is 24.7. The molecule has 0 spiro atoms. The third-order valence-electron chi connectivity index (χ3n) is 11.5. The Morgan fingerprint density at radius 2 is 1.02 bits per heavy atom. The molecule has 2 heterocycles. The van der Waals surface area contributed by atoms with Gasteiger partial charge in [-0.05, 0) is 56.4 Å². The maximum atomic E-state index is 12.6. The van der Waals surface area contributed by atoms with Gasteiger partial charge in [-0.1, -0.05) is 173 Å². The first kappa shape index (κ1) is 52.1. The van der Waals surface area contributed by atoms with E-state index >= 15 is 0 Å². The molecule has 0 saturated carbocycles. The van der Waals surface area contributed by atoms with Crippen molar-refractivity contribution in [2.75, 3.05) is 39.6 Å². The Kier molecular flexibility index (Phi) is 30.1. The van der Waals surface area contributed by atoms with Gasteiger partial charge in [0.15, 0.2) is 0 Å². The molecule has 9 nitrogen and oxygen atoms in total. The number of rotatable bonds is 35. The number of hydrogen-bond acceptors (Lipinski definition) is 8. The summed E-state index contributed by atoms with van der Waals surface area (Å²) in [7, 11) is 0. The van der Waals surface area contributed by atoms with E-state index in [-0.39, 0.29) is 30.1 Å². The summed E-state index contributed by atoms with van der Waals surface area (Å²) in [4.78, 5) is 21.9. The Hall–Kier alpha value is -3.27. The van der Waals surface area contributed by atoms with Crippen molar-refractivity contribution in [2.24, 2.45) is 15.7 Å². The summed E-state index contributed by atoms with van der Waals surface area (Å²) in [6.07, 6.45) is 28.9. The molecule has 0 radical (unpaired) electrons. The molecule has 2 aliphatic heterocycles. The Morgan fingerprint density at radius 3 is 1.51 bits per heavy atom. The van der Waals surface area contributed by atoms with Crippen molar-refractivity contribution in [1.82, 2.24) is 5.32 Å². The Labute approximate surface area is 371 Å². The van der Waals surface area contributed by atoms with Crippen molar-refractivity contribution >= 4 is 17.7 Å². The number of unbranched alkanes of at least 4 members (excludes halogenated alkanes) is 16. The highest BCUT2D eigenvalue weighted by Gasteiger charge is 2.22. The highest BCUT2D eigenvalue weighted by Crippen LogP contribution is 2.16. The number of ether oxygens (including phenoxy) is 4. The highest BCUT2D eigenvalue weighted by atomic mass is 16.5. The summed E-state index contributed by atoms with van der Waals surface area (Å²) in [5, 5.41) is 3.32. The number of carbonyl (C=O) groups is 1. The molecule has 0 fully saturated rings. The molecule has 0 bridgehead atoms. The van der Waals surface area contributed by atoms with Crippen molar-refractivity contribution in [1.29, 1.82) is 0 Å². The second kappa shape index (κ2) is 35.2. The topological polar surface area (TPSA) is 117 Å². The molecule has 3 N–H and O–H groups in total. The van der Waals surface area contributed by atoms with Gasteiger partial charge in [-0.3, -0.25) is 4.79 Å². The van der Waals surface area contributed by atoms with E-state index in [0.717, 1.165) is 49.1 Å². The van der Waals surface area contributed by atoms with Gasteiger partial charge in [-0.25, -0.2) is 9.98 Å². The SMILES string of the molecule is CCCCCCCCCCCC(=O)N[C@@H](CCCCCCC)CCOC[C@@H]1COC(c2ccccc2)=N1.CCCCCCC[C@H](N)CCOC[C@@H]1COC(c2ccccc2)=N1. The van der Waals surface area contributed by atoms with Crippen molar-refractivity contribution in [3.05, 3.63) is 71.8 Å². The summed E-state index contributed by atoms with van der Waals surface area (Å²) < 4.78 is 23.2. The van der Waals surface area contributed by atoms with Crippen molar-refractivity contribution in [2.45, 2.75) is 199 Å². The standard InChI is InChI=1S/C32H54N2O3.C20H32N2O2/c1-3-5-7-9-10-11-12-14-19-23-31(35)33-29(22-18-13-8-6-4-2)24-25-36-26-30-27-37-32(34-30)28-20-16-15-17-21-28;1-2-3-4-5-9-12-18(21)13-14-23-15-19-16-24-20(22-19)17-10-7-6-8-11-17/h15-17,20-21,29-30H,3-14,18-19,22-27H2,1-2H3,(H,33,35);6-8,10-11,18-19H,2-5,9,12-16,21H2,1H3/t29-,30+;18-,19+/m00/s1. The molecule has 61 heavy (non-hydrogen) atoms. The normalized spacial score (nSPS) is 16.8. The van der Waals surface area contributed by atoms with Crippen LogP contribution in [0.2, 0.25) is 0 Å². The monoisotopic (exact) mass is 847 g/mol. The molecule has 2 aromatic rings. The second-order valence-electron chi connectivity index (χ2n) is 17.3. The number of benzene rings is 2. The highest BCUT2D eigenvalue weighted by molar-refractivity contribution is 5.95. The molecule has 2 aliphatic rings. The van der Waals surface area contributed by atoms with Gasteiger partial charge in [0.05, 0.1) is 13.2 Å². The van der Waals surface area contributed by atoms with Crippen LogP contribution in [0, 0.1) is 0 Å². The average molecular weight is 847 g/mol. The third-order valence-corrected chi connectivity index (χ3v) is 11.5. The van der Waals surface area contributed by atoms with Crippen molar-refractivity contribution in [3.8, 4) is 0 Å². The maximum Gasteiger partial charge on any atom is 0.220 e. The number of hydrogen-bond donors (Lipinski definition) is 2. The molecule has 2 aromatic carbocycles. The minimum absolute atomic E-state index is 0.0453. The zero-order chi connectivity index (χ0) is 43.4. The van der Waals surface area contributed by atoms with E-state index < -0.39 is 0 Å². The summed E-state index contributed by atoms with van der Waals surface area (Å²) in [6, 6.07) is 20.7. The first-order valence-electron chi connectivity index (χ1n) is 24.7.